The predicted octanol–water partition coefficient (Wildman–Crippen LogP) is 4.65. The third-order valence-electron chi connectivity index (χ3n) is 4.04. The summed E-state index contributed by atoms with van der Waals surface area (Å²) in [5, 5.41) is 0. The zero-order chi connectivity index (χ0) is 15.9. The second kappa shape index (κ2) is 6.33. The Kier molecular flexibility index (Phi) is 4.01. The van der Waals surface area contributed by atoms with Crippen molar-refractivity contribution in [3.05, 3.63) is 71.3 Å². The van der Waals surface area contributed by atoms with Crippen LogP contribution in [0.1, 0.15) is 22.8 Å². The van der Waals surface area contributed by atoms with Crippen LogP contribution in [0.5, 0.6) is 0 Å². The van der Waals surface area contributed by atoms with Gasteiger partial charge in [0, 0.05) is 22.1 Å². The van der Waals surface area contributed by atoms with E-state index in [-0.39, 0.29) is 22.4 Å². The molecule has 2 aliphatic heterocycles. The molecule has 3 aromatic heterocycles. The predicted molar refractivity (Wildman–Crippen MR) is 98.9 cm³/mol. The maximum atomic E-state index is 4.62. The standard InChI is InChI=1S/C20H14N4.Au/c1-2-14-10-16-5-6-18(23-16)12-20-8-7-19(24-20)11-17-4-3-15(22-17)9-13(1)21-14;/h1-12,21-22H;/q;+3. The fourth-order valence-corrected chi connectivity index (χ4v) is 2.94. The second-order valence-electron chi connectivity index (χ2n) is 5.91. The van der Waals surface area contributed by atoms with Gasteiger partial charge >= 0.3 is 22.4 Å². The quantitative estimate of drug-likeness (QED) is 0.300. The molecule has 5 heteroatoms. The van der Waals surface area contributed by atoms with Gasteiger partial charge in [-0.15, -0.1) is 0 Å². The Labute approximate surface area is 159 Å². The van der Waals surface area contributed by atoms with Crippen LogP contribution in [0.3, 0.4) is 0 Å². The number of nitrogens with zero attached hydrogens (tertiary/aromatic N) is 2. The Balaban J connectivity index is 0.00000157. The molecule has 0 radical (unpaired) electrons. The number of nitrogens with one attached hydrogen (secondary N) is 2. The van der Waals surface area contributed by atoms with E-state index in [1.54, 1.807) is 0 Å². The van der Waals surface area contributed by atoms with Crippen molar-refractivity contribution in [2.24, 2.45) is 0 Å². The summed E-state index contributed by atoms with van der Waals surface area (Å²) in [6.07, 6.45) is 8.05. The molecule has 3 aromatic rings. The zero-order valence-corrected chi connectivity index (χ0v) is 15.3. The van der Waals surface area contributed by atoms with Crippen LogP contribution in [0.4, 0.5) is 0 Å². The SMILES string of the molecule is C1=Cc2cc3ccc(cc4ccc(cc5nc(cc1n2)C=C5)[nH]4)[nH]3.[Au+3]. The van der Waals surface area contributed by atoms with Crippen LogP contribution in [-0.4, -0.2) is 19.9 Å². The fraction of sp³-hybridized carbons (Fsp3) is 0. The minimum atomic E-state index is 0. The maximum Gasteiger partial charge on any atom is 3.00 e. The van der Waals surface area contributed by atoms with E-state index >= 15 is 0 Å². The second-order valence-corrected chi connectivity index (χ2v) is 5.91. The smallest absolute Gasteiger partial charge is 0.355 e. The van der Waals surface area contributed by atoms with E-state index < -0.39 is 0 Å². The number of hydrogen-bond acceptors (Lipinski definition) is 2. The van der Waals surface area contributed by atoms with Crippen molar-refractivity contribution in [3.8, 4) is 0 Å². The van der Waals surface area contributed by atoms with Gasteiger partial charge in [-0.05, 0) is 72.8 Å². The van der Waals surface area contributed by atoms with Gasteiger partial charge in [-0.1, -0.05) is 0 Å². The first kappa shape index (κ1) is 15.8. The zero-order valence-electron chi connectivity index (χ0n) is 13.1. The molecule has 0 unspecified atom stereocenters. The molecule has 4 nitrogen and oxygen atoms in total. The monoisotopic (exact) mass is 507 g/mol. The molecule has 122 valence electrons. The van der Waals surface area contributed by atoms with Crippen LogP contribution in [0.15, 0.2) is 48.5 Å². The molecule has 8 bridgehead atoms. The van der Waals surface area contributed by atoms with E-state index in [9.17, 15) is 0 Å². The number of aromatic nitrogens is 4. The molecule has 0 aromatic carbocycles. The van der Waals surface area contributed by atoms with Gasteiger partial charge in [0.25, 0.3) is 0 Å². The van der Waals surface area contributed by atoms with Crippen molar-refractivity contribution >= 4 is 46.4 Å². The summed E-state index contributed by atoms with van der Waals surface area (Å²) in [4.78, 5) is 16.0. The molecule has 0 atom stereocenters. The van der Waals surface area contributed by atoms with Crippen molar-refractivity contribution in [1.82, 2.24) is 19.9 Å². The molecular formula is C20H14AuN4+3. The third kappa shape index (κ3) is 3.28. The third-order valence-corrected chi connectivity index (χ3v) is 4.04. The van der Waals surface area contributed by atoms with E-state index in [4.69, 9.17) is 0 Å². The topological polar surface area (TPSA) is 57.4 Å². The molecule has 0 aliphatic carbocycles. The Bertz CT molecular complexity index is 1080. The summed E-state index contributed by atoms with van der Waals surface area (Å²) in [5.41, 5.74) is 7.86. The van der Waals surface area contributed by atoms with Crippen LogP contribution < -0.4 is 0 Å². The van der Waals surface area contributed by atoms with Crippen molar-refractivity contribution < 1.29 is 22.4 Å². The molecule has 2 N–H and O–H groups in total. The van der Waals surface area contributed by atoms with E-state index in [1.165, 1.54) is 0 Å². The Hall–Kier alpha value is -2.66. The van der Waals surface area contributed by atoms with Gasteiger partial charge in [-0.2, -0.15) is 0 Å². The molecular weight excluding hydrogens is 493 g/mol. The largest absolute Gasteiger partial charge is 3.00 e. The maximum absolute atomic E-state index is 4.62. The van der Waals surface area contributed by atoms with Crippen molar-refractivity contribution in [2.75, 3.05) is 0 Å². The molecule has 5 heterocycles. The van der Waals surface area contributed by atoms with Crippen LogP contribution in [0.2, 0.25) is 0 Å². The van der Waals surface area contributed by atoms with Crippen molar-refractivity contribution in [3.63, 3.8) is 0 Å². The van der Waals surface area contributed by atoms with Crippen molar-refractivity contribution in [2.45, 2.75) is 0 Å². The average molecular weight is 507 g/mol. The Morgan fingerprint density at radius 3 is 1.28 bits per heavy atom. The van der Waals surface area contributed by atoms with Gasteiger partial charge in [-0.25, -0.2) is 9.97 Å². The Morgan fingerprint density at radius 1 is 0.480 bits per heavy atom. The number of rotatable bonds is 0. The first-order chi connectivity index (χ1) is 11.8. The van der Waals surface area contributed by atoms with Gasteiger partial charge in [0.05, 0.1) is 22.8 Å². The average Bonchev–Trinajstić information content (AvgIpc) is 3.32. The number of aromatic amines is 2. The minimum absolute atomic E-state index is 0. The summed E-state index contributed by atoms with van der Waals surface area (Å²) in [6, 6.07) is 16.4. The summed E-state index contributed by atoms with van der Waals surface area (Å²) >= 11 is 0. The first-order valence-corrected chi connectivity index (χ1v) is 7.85. The van der Waals surface area contributed by atoms with E-state index in [0.29, 0.717) is 0 Å². The van der Waals surface area contributed by atoms with Gasteiger partial charge in [0.1, 0.15) is 0 Å². The summed E-state index contributed by atoms with van der Waals surface area (Å²) in [5.74, 6) is 0. The van der Waals surface area contributed by atoms with Crippen LogP contribution in [0.25, 0.3) is 46.4 Å². The van der Waals surface area contributed by atoms with Gasteiger partial charge < -0.3 is 9.97 Å². The fourth-order valence-electron chi connectivity index (χ4n) is 2.94. The first-order valence-electron chi connectivity index (χ1n) is 7.85. The van der Waals surface area contributed by atoms with E-state index in [2.05, 4.69) is 50.3 Å². The molecule has 0 spiro atoms. The summed E-state index contributed by atoms with van der Waals surface area (Å²) in [7, 11) is 0. The normalized spacial score (nSPS) is 12.2. The number of hydrogen-bond donors (Lipinski definition) is 2. The summed E-state index contributed by atoms with van der Waals surface area (Å²) < 4.78 is 0. The van der Waals surface area contributed by atoms with Gasteiger partial charge in [-0.3, -0.25) is 0 Å². The molecule has 25 heavy (non-hydrogen) atoms. The van der Waals surface area contributed by atoms with Gasteiger partial charge in [0.2, 0.25) is 0 Å². The van der Waals surface area contributed by atoms with Crippen molar-refractivity contribution in [1.29, 1.82) is 0 Å². The molecule has 0 amide bonds. The molecule has 0 saturated heterocycles. The van der Waals surface area contributed by atoms with Gasteiger partial charge in [0.15, 0.2) is 0 Å². The van der Waals surface area contributed by atoms with E-state index in [0.717, 1.165) is 44.8 Å². The number of fused-ring (bicyclic) bond motifs is 8. The molecule has 2 aliphatic rings. The molecule has 0 saturated carbocycles. The minimum Gasteiger partial charge on any atom is -0.355 e. The number of H-pyrrole nitrogens is 2. The van der Waals surface area contributed by atoms with Crippen LogP contribution in [-0.2, 0) is 22.4 Å². The molecule has 5 rings (SSSR count). The van der Waals surface area contributed by atoms with Crippen LogP contribution >= 0.6 is 0 Å². The molecule has 0 fully saturated rings. The Morgan fingerprint density at radius 2 is 0.840 bits per heavy atom. The van der Waals surface area contributed by atoms with Crippen LogP contribution in [0, 0.1) is 0 Å². The summed E-state index contributed by atoms with van der Waals surface area (Å²) in [6.45, 7) is 0. The van der Waals surface area contributed by atoms with E-state index in [1.807, 2.05) is 42.5 Å².